The summed E-state index contributed by atoms with van der Waals surface area (Å²) in [7, 11) is 2.05. The average molecular weight is 285 g/mol. The second-order valence-corrected chi connectivity index (χ2v) is 5.73. The van der Waals surface area contributed by atoms with Gasteiger partial charge in [0.15, 0.2) is 0 Å². The molecule has 0 bridgehead atoms. The number of hydrogen-bond acceptors (Lipinski definition) is 2. The van der Waals surface area contributed by atoms with E-state index >= 15 is 0 Å². The number of rotatable bonds is 4. The first kappa shape index (κ1) is 14.6. The Morgan fingerprint density at radius 3 is 2.63 bits per heavy atom. The number of nitrogens with zero attached hydrogens (tertiary/aromatic N) is 2. The molecule has 0 spiro atoms. The van der Waals surface area contributed by atoms with Crippen molar-refractivity contribution in [1.29, 1.82) is 0 Å². The first-order valence-electron chi connectivity index (χ1n) is 7.08. The van der Waals surface area contributed by atoms with Gasteiger partial charge in [-0.3, -0.25) is 0 Å². The predicted molar refractivity (Wildman–Crippen MR) is 78.2 cm³/mol. The summed E-state index contributed by atoms with van der Waals surface area (Å²) >= 11 is 5.90. The molecule has 106 valence electrons. The van der Waals surface area contributed by atoms with Gasteiger partial charge in [0.05, 0.1) is 12.1 Å². The summed E-state index contributed by atoms with van der Waals surface area (Å²) in [5.41, 5.74) is 0.779. The number of pyridine rings is 1. The van der Waals surface area contributed by atoms with Crippen molar-refractivity contribution in [2.24, 2.45) is 5.92 Å². The fourth-order valence-electron chi connectivity index (χ4n) is 3.00. The molecule has 19 heavy (non-hydrogen) atoms. The zero-order valence-corrected chi connectivity index (χ0v) is 12.5. The van der Waals surface area contributed by atoms with Crippen molar-refractivity contribution in [2.75, 3.05) is 11.9 Å². The van der Waals surface area contributed by atoms with Gasteiger partial charge in [0.1, 0.15) is 11.6 Å². The topological polar surface area (TPSA) is 16.1 Å². The van der Waals surface area contributed by atoms with Gasteiger partial charge in [-0.2, -0.15) is 0 Å². The fourth-order valence-corrected chi connectivity index (χ4v) is 3.20. The minimum Gasteiger partial charge on any atom is -0.356 e. The van der Waals surface area contributed by atoms with Crippen molar-refractivity contribution in [3.63, 3.8) is 0 Å². The smallest absolute Gasteiger partial charge is 0.141 e. The van der Waals surface area contributed by atoms with Crippen LogP contribution < -0.4 is 4.90 Å². The van der Waals surface area contributed by atoms with Crippen LogP contribution in [0.4, 0.5) is 10.2 Å². The summed E-state index contributed by atoms with van der Waals surface area (Å²) < 4.78 is 13.2. The maximum absolute atomic E-state index is 13.2. The molecule has 0 N–H and O–H groups in total. The molecule has 1 aromatic rings. The van der Waals surface area contributed by atoms with E-state index in [0.29, 0.717) is 11.9 Å². The van der Waals surface area contributed by atoms with Gasteiger partial charge in [0.25, 0.3) is 0 Å². The summed E-state index contributed by atoms with van der Waals surface area (Å²) in [6, 6.07) is 1.99. The molecule has 1 aliphatic rings. The summed E-state index contributed by atoms with van der Waals surface area (Å²) in [5.74, 6) is 1.69. The fraction of sp³-hybridized carbons (Fsp3) is 0.667. The van der Waals surface area contributed by atoms with Crippen molar-refractivity contribution in [2.45, 2.75) is 50.9 Å². The molecule has 2 rings (SSSR count). The van der Waals surface area contributed by atoms with Crippen molar-refractivity contribution in [3.05, 3.63) is 23.6 Å². The molecule has 1 fully saturated rings. The van der Waals surface area contributed by atoms with Crippen LogP contribution in [0.3, 0.4) is 0 Å². The second-order valence-electron chi connectivity index (χ2n) is 5.46. The van der Waals surface area contributed by atoms with Crippen LogP contribution in [0.5, 0.6) is 0 Å². The summed E-state index contributed by atoms with van der Waals surface area (Å²) in [6.07, 6.45) is 7.50. The van der Waals surface area contributed by atoms with E-state index in [4.69, 9.17) is 11.6 Å². The zero-order valence-electron chi connectivity index (χ0n) is 11.7. The lowest BCUT2D eigenvalue weighted by Crippen LogP contribution is -2.36. The molecule has 0 amide bonds. The Kier molecular flexibility index (Phi) is 5.03. The van der Waals surface area contributed by atoms with Crippen molar-refractivity contribution < 1.29 is 4.39 Å². The van der Waals surface area contributed by atoms with Crippen LogP contribution in [0, 0.1) is 11.7 Å². The lowest BCUT2D eigenvalue weighted by molar-refractivity contribution is 0.312. The predicted octanol–water partition coefficient (Wildman–Crippen LogP) is 4.36. The maximum atomic E-state index is 13.2. The Labute approximate surface area is 120 Å². The molecular weight excluding hydrogens is 263 g/mol. The van der Waals surface area contributed by atoms with E-state index in [-0.39, 0.29) is 5.82 Å². The molecule has 4 heteroatoms. The van der Waals surface area contributed by atoms with E-state index in [9.17, 15) is 4.39 Å². The number of aromatic nitrogens is 1. The highest BCUT2D eigenvalue weighted by Crippen LogP contribution is 2.32. The van der Waals surface area contributed by atoms with Gasteiger partial charge in [-0.15, -0.1) is 11.6 Å². The van der Waals surface area contributed by atoms with Crippen molar-refractivity contribution >= 4 is 17.4 Å². The Bertz CT molecular complexity index is 417. The van der Waals surface area contributed by atoms with E-state index < -0.39 is 0 Å². The van der Waals surface area contributed by atoms with Crippen LogP contribution in [0.15, 0.2) is 12.3 Å². The van der Waals surface area contributed by atoms with Crippen molar-refractivity contribution in [3.8, 4) is 0 Å². The Hall–Kier alpha value is -0.830. The quantitative estimate of drug-likeness (QED) is 0.764. The summed E-state index contributed by atoms with van der Waals surface area (Å²) in [4.78, 5) is 6.41. The minimum absolute atomic E-state index is 0.300. The number of halogens is 2. The Morgan fingerprint density at radius 2 is 2.05 bits per heavy atom. The van der Waals surface area contributed by atoms with E-state index in [0.717, 1.165) is 17.3 Å². The highest BCUT2D eigenvalue weighted by molar-refractivity contribution is 6.17. The largest absolute Gasteiger partial charge is 0.356 e. The molecular formula is C15H22ClFN2. The van der Waals surface area contributed by atoms with Crippen LogP contribution in [0.25, 0.3) is 0 Å². The molecule has 0 atom stereocenters. The van der Waals surface area contributed by atoms with Gasteiger partial charge in [-0.25, -0.2) is 9.37 Å². The number of alkyl halides is 1. The Morgan fingerprint density at radius 1 is 1.37 bits per heavy atom. The molecule has 0 unspecified atom stereocenters. The third-order valence-electron chi connectivity index (χ3n) is 4.33. The highest BCUT2D eigenvalue weighted by atomic mass is 35.5. The zero-order chi connectivity index (χ0) is 13.8. The van der Waals surface area contributed by atoms with Crippen LogP contribution in [-0.2, 0) is 5.88 Å². The van der Waals surface area contributed by atoms with Crippen LogP contribution in [-0.4, -0.2) is 18.1 Å². The molecule has 0 radical (unpaired) electrons. The summed E-state index contributed by atoms with van der Waals surface area (Å²) in [5, 5.41) is 0. The number of hydrogen-bond donors (Lipinski definition) is 0. The van der Waals surface area contributed by atoms with E-state index in [1.807, 2.05) is 7.05 Å². The number of anilines is 1. The van der Waals surface area contributed by atoms with Gasteiger partial charge in [0.2, 0.25) is 0 Å². The standard InChI is InChI=1S/C15H22ClFN2/c1-3-11-4-6-14(7-5-11)19(2)15-12(9-16)8-13(17)10-18-15/h8,10-11,14H,3-7,9H2,1-2H3. The van der Waals surface area contributed by atoms with Gasteiger partial charge >= 0.3 is 0 Å². The Balaban J connectivity index is 2.09. The molecule has 0 saturated heterocycles. The van der Waals surface area contributed by atoms with Gasteiger partial charge < -0.3 is 4.90 Å². The third-order valence-corrected chi connectivity index (χ3v) is 4.62. The minimum atomic E-state index is -0.317. The molecule has 0 aromatic carbocycles. The van der Waals surface area contributed by atoms with Gasteiger partial charge in [-0.1, -0.05) is 13.3 Å². The lowest BCUT2D eigenvalue weighted by Gasteiger charge is -2.35. The van der Waals surface area contributed by atoms with E-state index in [2.05, 4.69) is 16.8 Å². The van der Waals surface area contributed by atoms with Crippen LogP contribution in [0.1, 0.15) is 44.6 Å². The molecule has 0 aliphatic heterocycles. The van der Waals surface area contributed by atoms with Gasteiger partial charge in [0, 0.05) is 18.7 Å². The van der Waals surface area contributed by atoms with Crippen LogP contribution in [0.2, 0.25) is 0 Å². The highest BCUT2D eigenvalue weighted by Gasteiger charge is 2.25. The first-order chi connectivity index (χ1) is 9.15. The van der Waals surface area contributed by atoms with E-state index in [1.54, 1.807) is 0 Å². The molecule has 1 aromatic heterocycles. The van der Waals surface area contributed by atoms with Crippen LogP contribution >= 0.6 is 11.6 Å². The monoisotopic (exact) mass is 284 g/mol. The van der Waals surface area contributed by atoms with Crippen molar-refractivity contribution in [1.82, 2.24) is 4.98 Å². The lowest BCUT2D eigenvalue weighted by atomic mass is 9.84. The second kappa shape index (κ2) is 6.56. The molecule has 2 nitrogen and oxygen atoms in total. The first-order valence-corrected chi connectivity index (χ1v) is 7.62. The molecule has 1 saturated carbocycles. The van der Waals surface area contributed by atoms with Gasteiger partial charge in [-0.05, 0) is 37.7 Å². The van der Waals surface area contributed by atoms with E-state index in [1.165, 1.54) is 44.4 Å². The molecule has 1 heterocycles. The SMILES string of the molecule is CCC1CCC(N(C)c2ncc(F)cc2CCl)CC1. The normalized spacial score (nSPS) is 23.4. The summed E-state index contributed by atoms with van der Waals surface area (Å²) in [6.45, 7) is 2.27. The molecule has 1 aliphatic carbocycles. The maximum Gasteiger partial charge on any atom is 0.141 e. The average Bonchev–Trinajstić information content (AvgIpc) is 2.46. The third kappa shape index (κ3) is 3.38.